The third-order valence-electron chi connectivity index (χ3n) is 3.12. The molecule has 0 aromatic rings. The van der Waals surface area contributed by atoms with Gasteiger partial charge in [-0.05, 0) is 19.3 Å². The maximum Gasteiger partial charge on any atom is 0.335 e. The van der Waals surface area contributed by atoms with Gasteiger partial charge in [-0.15, -0.1) is 0 Å². The monoisotopic (exact) mass is 229 g/mol. The Morgan fingerprint density at radius 1 is 1.38 bits per heavy atom. The Kier molecular flexibility index (Phi) is 4.15. The molecule has 2 aliphatic heterocycles. The molecule has 0 saturated carbocycles. The van der Waals surface area contributed by atoms with Gasteiger partial charge in [0.2, 0.25) is 0 Å². The van der Waals surface area contributed by atoms with Crippen molar-refractivity contribution < 1.29 is 19.0 Å². The van der Waals surface area contributed by atoms with Gasteiger partial charge in [-0.1, -0.05) is 0 Å². The van der Waals surface area contributed by atoms with Crippen LogP contribution in [0.15, 0.2) is 0 Å². The van der Waals surface area contributed by atoms with Gasteiger partial charge in [0.25, 0.3) is 0 Å². The third-order valence-corrected chi connectivity index (χ3v) is 3.12. The second-order valence-corrected chi connectivity index (χ2v) is 4.42. The van der Waals surface area contributed by atoms with Crippen LogP contribution >= 0.6 is 0 Å². The minimum absolute atomic E-state index is 0.0207. The van der Waals surface area contributed by atoms with E-state index < -0.39 is 6.10 Å². The second-order valence-electron chi connectivity index (χ2n) is 4.42. The van der Waals surface area contributed by atoms with Gasteiger partial charge in [0.15, 0.2) is 6.10 Å². The predicted octanol–water partition coefficient (Wildman–Crippen LogP) is 0.0724. The molecule has 3 atom stereocenters. The Morgan fingerprint density at radius 2 is 2.25 bits per heavy atom. The molecule has 0 amide bonds. The molecule has 0 aliphatic carbocycles. The summed E-state index contributed by atoms with van der Waals surface area (Å²) in [6.45, 7) is 2.40. The summed E-state index contributed by atoms with van der Waals surface area (Å²) >= 11 is 0. The van der Waals surface area contributed by atoms with E-state index >= 15 is 0 Å². The van der Waals surface area contributed by atoms with E-state index in [4.69, 9.17) is 19.9 Å². The van der Waals surface area contributed by atoms with Gasteiger partial charge in [-0.2, -0.15) is 0 Å². The molecule has 2 rings (SSSR count). The first-order valence-electron chi connectivity index (χ1n) is 5.89. The molecule has 2 aliphatic rings. The highest BCUT2D eigenvalue weighted by molar-refractivity contribution is 5.75. The Morgan fingerprint density at radius 3 is 2.88 bits per heavy atom. The van der Waals surface area contributed by atoms with Crippen LogP contribution in [0.3, 0.4) is 0 Å². The molecule has 3 unspecified atom stereocenters. The highest BCUT2D eigenvalue weighted by Crippen LogP contribution is 2.20. The lowest BCUT2D eigenvalue weighted by molar-refractivity contribution is -0.157. The largest absolute Gasteiger partial charge is 0.463 e. The van der Waals surface area contributed by atoms with Crippen LogP contribution < -0.4 is 5.73 Å². The van der Waals surface area contributed by atoms with Crippen LogP contribution in [-0.4, -0.2) is 44.5 Å². The summed E-state index contributed by atoms with van der Waals surface area (Å²) in [6.07, 6.45) is 2.16. The van der Waals surface area contributed by atoms with Crippen LogP contribution in [0.1, 0.15) is 19.3 Å². The average Bonchev–Trinajstić information content (AvgIpc) is 2.96. The van der Waals surface area contributed by atoms with Crippen molar-refractivity contribution in [3.8, 4) is 0 Å². The number of esters is 1. The third kappa shape index (κ3) is 2.93. The molecular formula is C11H19NO4. The lowest BCUT2D eigenvalue weighted by Gasteiger charge is -2.13. The first-order chi connectivity index (χ1) is 7.79. The van der Waals surface area contributed by atoms with Crippen molar-refractivity contribution in [1.29, 1.82) is 0 Å². The molecule has 0 aromatic carbocycles. The van der Waals surface area contributed by atoms with Crippen LogP contribution in [0.2, 0.25) is 0 Å². The molecule has 2 saturated heterocycles. The van der Waals surface area contributed by atoms with Crippen molar-refractivity contribution in [3.63, 3.8) is 0 Å². The van der Waals surface area contributed by atoms with Crippen molar-refractivity contribution >= 4 is 5.97 Å². The molecule has 2 fully saturated rings. The van der Waals surface area contributed by atoms with Crippen molar-refractivity contribution in [1.82, 2.24) is 0 Å². The Labute approximate surface area is 95.2 Å². The van der Waals surface area contributed by atoms with E-state index in [1.807, 2.05) is 0 Å². The maximum absolute atomic E-state index is 11.6. The van der Waals surface area contributed by atoms with Crippen LogP contribution in [0.25, 0.3) is 0 Å². The van der Waals surface area contributed by atoms with Gasteiger partial charge in [-0.25, -0.2) is 4.79 Å². The van der Waals surface area contributed by atoms with Crippen molar-refractivity contribution in [2.75, 3.05) is 26.4 Å². The van der Waals surface area contributed by atoms with E-state index in [9.17, 15) is 4.79 Å². The number of carbonyl (C=O) groups excluding carboxylic acids is 1. The minimum atomic E-state index is -0.407. The normalized spacial score (nSPS) is 34.2. The van der Waals surface area contributed by atoms with E-state index in [1.54, 1.807) is 0 Å². The topological polar surface area (TPSA) is 70.8 Å². The van der Waals surface area contributed by atoms with Gasteiger partial charge < -0.3 is 19.9 Å². The van der Waals surface area contributed by atoms with Gasteiger partial charge >= 0.3 is 5.97 Å². The van der Waals surface area contributed by atoms with E-state index in [2.05, 4.69) is 0 Å². The van der Waals surface area contributed by atoms with Gasteiger partial charge in [0.1, 0.15) is 0 Å². The summed E-state index contributed by atoms with van der Waals surface area (Å²) < 4.78 is 15.9. The molecule has 0 radical (unpaired) electrons. The smallest absolute Gasteiger partial charge is 0.335 e. The summed E-state index contributed by atoms with van der Waals surface area (Å²) in [6, 6.07) is 0. The first kappa shape index (κ1) is 11.8. The quantitative estimate of drug-likeness (QED) is 0.691. The van der Waals surface area contributed by atoms with Gasteiger partial charge in [0, 0.05) is 19.1 Å². The second kappa shape index (κ2) is 5.61. The highest BCUT2D eigenvalue weighted by atomic mass is 16.6. The highest BCUT2D eigenvalue weighted by Gasteiger charge is 2.31. The number of nitrogens with two attached hydrogens (primary N) is 1. The number of hydrogen-bond donors (Lipinski definition) is 1. The standard InChI is InChI=1S/C11H19NO4/c12-5-9-1-2-10(16-9)11(13)15-7-8-3-4-14-6-8/h8-10H,1-7,12H2. The van der Waals surface area contributed by atoms with Crippen molar-refractivity contribution in [2.45, 2.75) is 31.5 Å². The maximum atomic E-state index is 11.6. The average molecular weight is 229 g/mol. The van der Waals surface area contributed by atoms with Gasteiger partial charge in [-0.3, -0.25) is 0 Å². The molecule has 0 spiro atoms. The Balaban J connectivity index is 1.67. The fourth-order valence-corrected chi connectivity index (χ4v) is 2.06. The Hall–Kier alpha value is -0.650. The zero-order chi connectivity index (χ0) is 11.4. The van der Waals surface area contributed by atoms with Crippen LogP contribution in [0.5, 0.6) is 0 Å². The Bertz CT molecular complexity index is 240. The fourth-order valence-electron chi connectivity index (χ4n) is 2.06. The molecule has 92 valence electrons. The zero-order valence-electron chi connectivity index (χ0n) is 9.39. The predicted molar refractivity (Wildman–Crippen MR) is 56.8 cm³/mol. The van der Waals surface area contributed by atoms with E-state index in [0.29, 0.717) is 25.7 Å². The number of ether oxygens (including phenoxy) is 3. The summed E-state index contributed by atoms with van der Waals surface area (Å²) in [5.41, 5.74) is 5.48. The molecular weight excluding hydrogens is 210 g/mol. The number of rotatable bonds is 4. The summed E-state index contributed by atoms with van der Waals surface area (Å²) in [5, 5.41) is 0. The van der Waals surface area contributed by atoms with Crippen LogP contribution in [0.4, 0.5) is 0 Å². The van der Waals surface area contributed by atoms with Crippen molar-refractivity contribution in [2.24, 2.45) is 11.7 Å². The molecule has 0 bridgehead atoms. The lowest BCUT2D eigenvalue weighted by Crippen LogP contribution is -2.28. The lowest BCUT2D eigenvalue weighted by atomic mass is 10.1. The summed E-state index contributed by atoms with van der Waals surface area (Å²) in [4.78, 5) is 11.6. The van der Waals surface area contributed by atoms with Crippen molar-refractivity contribution in [3.05, 3.63) is 0 Å². The number of hydrogen-bond acceptors (Lipinski definition) is 5. The molecule has 0 aromatic heterocycles. The molecule has 16 heavy (non-hydrogen) atoms. The minimum Gasteiger partial charge on any atom is -0.463 e. The van der Waals surface area contributed by atoms with E-state index in [0.717, 1.165) is 25.9 Å². The van der Waals surface area contributed by atoms with Gasteiger partial charge in [0.05, 0.1) is 19.3 Å². The zero-order valence-corrected chi connectivity index (χ0v) is 9.39. The first-order valence-corrected chi connectivity index (χ1v) is 5.89. The molecule has 5 nitrogen and oxygen atoms in total. The SMILES string of the molecule is NCC1CCC(C(=O)OCC2CCOC2)O1. The fraction of sp³-hybridized carbons (Fsp3) is 0.909. The van der Waals surface area contributed by atoms with E-state index in [1.165, 1.54) is 0 Å². The molecule has 2 heterocycles. The summed E-state index contributed by atoms with van der Waals surface area (Å²) in [5.74, 6) is 0.110. The molecule has 2 N–H and O–H groups in total. The summed E-state index contributed by atoms with van der Waals surface area (Å²) in [7, 11) is 0. The van der Waals surface area contributed by atoms with E-state index in [-0.39, 0.29) is 12.1 Å². The van der Waals surface area contributed by atoms with Crippen LogP contribution in [0, 0.1) is 5.92 Å². The van der Waals surface area contributed by atoms with Crippen LogP contribution in [-0.2, 0) is 19.0 Å². The molecule has 5 heteroatoms. The number of carbonyl (C=O) groups is 1.